The molecule has 0 aliphatic rings. The molecule has 2 aromatic carbocycles. The Morgan fingerprint density at radius 1 is 0.840 bits per heavy atom. The van der Waals surface area contributed by atoms with Crippen molar-refractivity contribution in [2.24, 2.45) is 0 Å². The van der Waals surface area contributed by atoms with Gasteiger partial charge in [-0.05, 0) is 62.2 Å². The summed E-state index contributed by atoms with van der Waals surface area (Å²) in [4.78, 5) is 2.35. The zero-order chi connectivity index (χ0) is 17.9. The first-order valence-electron chi connectivity index (χ1n) is 9.57. The molecule has 1 N–H and O–H groups in total. The van der Waals surface area contributed by atoms with Crippen molar-refractivity contribution in [1.29, 1.82) is 0 Å². The van der Waals surface area contributed by atoms with Crippen molar-refractivity contribution in [3.05, 3.63) is 54.1 Å². The number of rotatable bonds is 11. The number of hydrogen-bond donors (Lipinski definition) is 1. The number of nitrogens with zero attached hydrogens (tertiary/aromatic N) is 1. The fourth-order valence-electron chi connectivity index (χ4n) is 2.83. The summed E-state index contributed by atoms with van der Waals surface area (Å²) in [6.45, 7) is 10.3. The standard InChI is InChI=1S/C22H32N2O/c1-4-7-8-17-25-22-15-9-19(10-16-22)18-23-20-11-13-21(14-12-20)24(5-2)6-3/h9-16,23H,4-8,17-18H2,1-3H3. The number of unbranched alkanes of at least 4 members (excludes halogenated alkanes) is 2. The van der Waals surface area contributed by atoms with Crippen molar-refractivity contribution in [2.45, 2.75) is 46.6 Å². The molecule has 0 bridgehead atoms. The van der Waals surface area contributed by atoms with Gasteiger partial charge in [0.1, 0.15) is 5.75 Å². The number of anilines is 2. The minimum atomic E-state index is 0.810. The SMILES string of the molecule is CCCCCOc1ccc(CNc2ccc(N(CC)CC)cc2)cc1. The highest BCUT2D eigenvalue weighted by atomic mass is 16.5. The van der Waals surface area contributed by atoms with Crippen molar-refractivity contribution in [2.75, 3.05) is 29.9 Å². The van der Waals surface area contributed by atoms with Crippen LogP contribution in [-0.4, -0.2) is 19.7 Å². The van der Waals surface area contributed by atoms with Gasteiger partial charge in [-0.3, -0.25) is 0 Å². The second kappa shape index (κ2) is 10.7. The summed E-state index contributed by atoms with van der Waals surface area (Å²) in [5.41, 5.74) is 3.68. The first-order valence-corrected chi connectivity index (χ1v) is 9.57. The highest BCUT2D eigenvalue weighted by molar-refractivity contribution is 5.55. The molecule has 2 rings (SSSR count). The molecule has 0 fully saturated rings. The molecular formula is C22H32N2O. The lowest BCUT2D eigenvalue weighted by atomic mass is 10.2. The first kappa shape index (κ1) is 19.2. The summed E-state index contributed by atoms with van der Waals surface area (Å²) in [6.07, 6.45) is 3.59. The van der Waals surface area contributed by atoms with Gasteiger partial charge in [-0.15, -0.1) is 0 Å². The number of nitrogens with one attached hydrogen (secondary N) is 1. The molecule has 0 aliphatic carbocycles. The van der Waals surface area contributed by atoms with Gasteiger partial charge in [-0.25, -0.2) is 0 Å². The highest BCUT2D eigenvalue weighted by Gasteiger charge is 2.01. The smallest absolute Gasteiger partial charge is 0.119 e. The normalized spacial score (nSPS) is 10.5. The molecule has 0 aliphatic heterocycles. The monoisotopic (exact) mass is 340 g/mol. The Hall–Kier alpha value is -2.16. The summed E-state index contributed by atoms with van der Waals surface area (Å²) in [7, 11) is 0. The van der Waals surface area contributed by atoms with Crippen LogP contribution in [0.1, 0.15) is 45.6 Å². The summed E-state index contributed by atoms with van der Waals surface area (Å²) in [6, 6.07) is 17.1. The quantitative estimate of drug-likeness (QED) is 0.530. The van der Waals surface area contributed by atoms with E-state index < -0.39 is 0 Å². The molecular weight excluding hydrogens is 308 g/mol. The molecule has 3 heteroatoms. The van der Waals surface area contributed by atoms with E-state index in [1.165, 1.54) is 24.1 Å². The van der Waals surface area contributed by atoms with Gasteiger partial charge in [0.05, 0.1) is 6.61 Å². The van der Waals surface area contributed by atoms with Crippen LogP contribution >= 0.6 is 0 Å². The van der Waals surface area contributed by atoms with E-state index in [-0.39, 0.29) is 0 Å². The Labute approximate surface area is 153 Å². The van der Waals surface area contributed by atoms with E-state index in [0.717, 1.165) is 44.1 Å². The first-order chi connectivity index (χ1) is 12.3. The number of ether oxygens (including phenoxy) is 1. The van der Waals surface area contributed by atoms with E-state index in [4.69, 9.17) is 4.74 Å². The van der Waals surface area contributed by atoms with Gasteiger partial charge in [0.25, 0.3) is 0 Å². The molecule has 25 heavy (non-hydrogen) atoms. The topological polar surface area (TPSA) is 24.5 Å². The van der Waals surface area contributed by atoms with Crippen LogP contribution in [0.2, 0.25) is 0 Å². The van der Waals surface area contributed by atoms with E-state index in [1.54, 1.807) is 0 Å². The second-order valence-electron chi connectivity index (χ2n) is 6.27. The molecule has 0 unspecified atom stereocenters. The maximum Gasteiger partial charge on any atom is 0.119 e. The highest BCUT2D eigenvalue weighted by Crippen LogP contribution is 2.19. The van der Waals surface area contributed by atoms with E-state index >= 15 is 0 Å². The van der Waals surface area contributed by atoms with Crippen molar-refractivity contribution in [1.82, 2.24) is 0 Å². The third kappa shape index (κ3) is 6.33. The van der Waals surface area contributed by atoms with Gasteiger partial charge in [-0.1, -0.05) is 31.9 Å². The van der Waals surface area contributed by atoms with Crippen LogP contribution in [0.3, 0.4) is 0 Å². The van der Waals surface area contributed by atoms with E-state index in [0.29, 0.717) is 0 Å². The van der Waals surface area contributed by atoms with Crippen LogP contribution in [0.15, 0.2) is 48.5 Å². The zero-order valence-electron chi connectivity index (χ0n) is 15.9. The molecule has 0 aromatic heterocycles. The average Bonchev–Trinajstić information content (AvgIpc) is 2.66. The van der Waals surface area contributed by atoms with Crippen LogP contribution in [-0.2, 0) is 6.54 Å². The Morgan fingerprint density at radius 2 is 1.52 bits per heavy atom. The molecule has 0 heterocycles. The van der Waals surface area contributed by atoms with Gasteiger partial charge in [0.2, 0.25) is 0 Å². The van der Waals surface area contributed by atoms with Crippen LogP contribution in [0.5, 0.6) is 5.75 Å². The van der Waals surface area contributed by atoms with Crippen LogP contribution in [0.4, 0.5) is 11.4 Å². The van der Waals surface area contributed by atoms with Crippen LogP contribution in [0.25, 0.3) is 0 Å². The molecule has 3 nitrogen and oxygen atoms in total. The summed E-state index contributed by atoms with van der Waals surface area (Å²) >= 11 is 0. The van der Waals surface area contributed by atoms with E-state index in [2.05, 4.69) is 79.5 Å². The predicted octanol–water partition coefficient (Wildman–Crippen LogP) is 5.71. The van der Waals surface area contributed by atoms with E-state index in [9.17, 15) is 0 Å². The molecule has 0 saturated heterocycles. The van der Waals surface area contributed by atoms with Crippen molar-refractivity contribution in [3.8, 4) is 5.75 Å². The summed E-state index contributed by atoms with van der Waals surface area (Å²) in [5, 5.41) is 3.48. The Morgan fingerprint density at radius 3 is 2.12 bits per heavy atom. The van der Waals surface area contributed by atoms with Crippen LogP contribution in [0, 0.1) is 0 Å². The lowest BCUT2D eigenvalue weighted by Crippen LogP contribution is -2.21. The minimum Gasteiger partial charge on any atom is -0.494 e. The molecule has 136 valence electrons. The predicted molar refractivity (Wildman–Crippen MR) is 109 cm³/mol. The zero-order valence-corrected chi connectivity index (χ0v) is 15.9. The third-order valence-corrected chi connectivity index (χ3v) is 4.43. The van der Waals surface area contributed by atoms with Crippen molar-refractivity contribution in [3.63, 3.8) is 0 Å². The van der Waals surface area contributed by atoms with Gasteiger partial charge in [0, 0.05) is 31.0 Å². The van der Waals surface area contributed by atoms with Crippen molar-refractivity contribution < 1.29 is 4.74 Å². The van der Waals surface area contributed by atoms with E-state index in [1.807, 2.05) is 0 Å². The Bertz CT molecular complexity index is 588. The summed E-state index contributed by atoms with van der Waals surface area (Å²) < 4.78 is 5.76. The largest absolute Gasteiger partial charge is 0.494 e. The Kier molecular flexibility index (Phi) is 8.17. The fraction of sp³-hybridized carbons (Fsp3) is 0.455. The molecule has 0 atom stereocenters. The molecule has 2 aromatic rings. The fourth-order valence-corrected chi connectivity index (χ4v) is 2.83. The average molecular weight is 341 g/mol. The number of benzene rings is 2. The van der Waals surface area contributed by atoms with Gasteiger partial charge in [0.15, 0.2) is 0 Å². The molecule has 0 saturated carbocycles. The Balaban J connectivity index is 1.80. The maximum absolute atomic E-state index is 5.76. The molecule has 0 radical (unpaired) electrons. The summed E-state index contributed by atoms with van der Waals surface area (Å²) in [5.74, 6) is 0.962. The van der Waals surface area contributed by atoms with Gasteiger partial charge >= 0.3 is 0 Å². The number of hydrogen-bond acceptors (Lipinski definition) is 3. The molecule has 0 amide bonds. The maximum atomic E-state index is 5.76. The van der Waals surface area contributed by atoms with Gasteiger partial charge < -0.3 is 15.0 Å². The minimum absolute atomic E-state index is 0.810. The molecule has 0 spiro atoms. The van der Waals surface area contributed by atoms with Crippen LogP contribution < -0.4 is 15.0 Å². The van der Waals surface area contributed by atoms with Gasteiger partial charge in [-0.2, -0.15) is 0 Å². The second-order valence-corrected chi connectivity index (χ2v) is 6.27. The van der Waals surface area contributed by atoms with Crippen molar-refractivity contribution >= 4 is 11.4 Å². The lowest BCUT2D eigenvalue weighted by molar-refractivity contribution is 0.306. The third-order valence-electron chi connectivity index (χ3n) is 4.43. The lowest BCUT2D eigenvalue weighted by Gasteiger charge is -2.21.